The lowest BCUT2D eigenvalue weighted by Gasteiger charge is -2.45. The molecule has 1 saturated heterocycles. The molecule has 1 aliphatic rings. The number of ether oxygens (including phenoxy) is 7. The summed E-state index contributed by atoms with van der Waals surface area (Å²) in [5.74, 6) is -3.54. The van der Waals surface area contributed by atoms with E-state index in [1.165, 1.54) is 55.4 Å². The van der Waals surface area contributed by atoms with Crippen LogP contribution in [0.1, 0.15) is 149 Å². The maximum Gasteiger partial charge on any atom is 0.311 e. The van der Waals surface area contributed by atoms with Crippen molar-refractivity contribution in [3.05, 3.63) is 76.5 Å². The average Bonchev–Trinajstić information content (AvgIpc) is 3.71. The van der Waals surface area contributed by atoms with Crippen LogP contribution in [0.2, 0.25) is 0 Å². The molecule has 5 atom stereocenters. The zero-order valence-corrected chi connectivity index (χ0v) is 44.2. The Bertz CT molecular complexity index is 2420. The molecule has 17 nitrogen and oxygen atoms in total. The third-order valence-electron chi connectivity index (χ3n) is 11.5. The van der Waals surface area contributed by atoms with Gasteiger partial charge in [0, 0.05) is 49.2 Å². The highest BCUT2D eigenvalue weighted by molar-refractivity contribution is 5.78. The second-order valence-corrected chi connectivity index (χ2v) is 21.6. The number of nitrogens with zero attached hydrogens (tertiary/aromatic N) is 3. The molecule has 400 valence electrons. The predicted molar refractivity (Wildman–Crippen MR) is 271 cm³/mol. The van der Waals surface area contributed by atoms with Gasteiger partial charge in [-0.15, -0.1) is 5.10 Å². The van der Waals surface area contributed by atoms with Crippen molar-refractivity contribution in [2.24, 2.45) is 27.4 Å². The summed E-state index contributed by atoms with van der Waals surface area (Å²) in [5, 5.41) is 15.1. The minimum Gasteiger partial charge on any atom is -0.494 e. The number of hydrogen-bond donors (Lipinski definition) is 2. The van der Waals surface area contributed by atoms with Gasteiger partial charge in [-0.05, 0) is 131 Å². The van der Waals surface area contributed by atoms with Crippen LogP contribution in [0.15, 0.2) is 48.5 Å². The third kappa shape index (κ3) is 17.0. The van der Waals surface area contributed by atoms with E-state index in [1.807, 2.05) is 69.3 Å². The van der Waals surface area contributed by atoms with Crippen LogP contribution in [0, 0.1) is 28.6 Å². The van der Waals surface area contributed by atoms with Crippen LogP contribution in [0.5, 0.6) is 11.6 Å². The van der Waals surface area contributed by atoms with Crippen molar-refractivity contribution in [3.63, 3.8) is 0 Å². The van der Waals surface area contributed by atoms with E-state index in [0.717, 1.165) is 16.7 Å². The van der Waals surface area contributed by atoms with Crippen molar-refractivity contribution in [2.45, 2.75) is 173 Å². The molecule has 0 spiro atoms. The Balaban J connectivity index is 1.81. The molecule has 2 heterocycles. The molecule has 3 aromatic rings. The van der Waals surface area contributed by atoms with Crippen LogP contribution >= 0.6 is 0 Å². The van der Waals surface area contributed by atoms with Crippen LogP contribution in [-0.2, 0) is 67.2 Å². The number of rotatable bonds is 22. The van der Waals surface area contributed by atoms with Gasteiger partial charge in [0.15, 0.2) is 12.2 Å². The second-order valence-electron chi connectivity index (χ2n) is 21.6. The van der Waals surface area contributed by atoms with E-state index in [0.29, 0.717) is 49.7 Å². The summed E-state index contributed by atoms with van der Waals surface area (Å²) in [6.07, 6.45) is -7.38. The van der Waals surface area contributed by atoms with Gasteiger partial charge in [0.25, 0.3) is 0 Å². The molecule has 0 saturated carbocycles. The van der Waals surface area contributed by atoms with Crippen molar-refractivity contribution in [1.82, 2.24) is 14.7 Å². The highest BCUT2D eigenvalue weighted by Crippen LogP contribution is 2.38. The zero-order chi connectivity index (χ0) is 56.8. The summed E-state index contributed by atoms with van der Waals surface area (Å²) in [7, 11) is 0. The van der Waals surface area contributed by atoms with Gasteiger partial charge in [-0.3, -0.25) is 33.6 Å². The summed E-state index contributed by atoms with van der Waals surface area (Å²) in [5.41, 5.74) is 3.97. The van der Waals surface area contributed by atoms with Gasteiger partial charge in [-0.2, -0.15) is 0 Å². The van der Waals surface area contributed by atoms with E-state index in [1.54, 1.807) is 4.68 Å². The number of aliphatic hydroxyl groups excluding tert-OH is 1. The Hall–Kier alpha value is -5.52. The SMILES string of the molecule is [2H]CC(C)(C)C(=O)OC[C@H]1OC(Oc2nn(CCO)c(C(C)C)c2Cc2ccc(OCCCN(CCC(N)=O)Cc3ccccc3)cc2C)[C@H](OC(=O)C(C)(C)C[2H])[C@@H](OC(=O)C(C)(C)C[2H])[C@@H]1OC(=O)C(C)(C)C[2H]. The molecule has 0 bridgehead atoms. The second kappa shape index (κ2) is 24.9. The number of hydrogen-bond acceptors (Lipinski definition) is 15. The van der Waals surface area contributed by atoms with Crippen LogP contribution in [-0.4, -0.2) is 113 Å². The first kappa shape index (κ1) is 52.8. The first-order valence-corrected chi connectivity index (χ1v) is 24.4. The van der Waals surface area contributed by atoms with Gasteiger partial charge in [0.1, 0.15) is 18.5 Å². The highest BCUT2D eigenvalue weighted by atomic mass is 16.7. The maximum atomic E-state index is 14.1. The Kier molecular flexibility index (Phi) is 18.3. The predicted octanol–water partition coefficient (Wildman–Crippen LogP) is 7.61. The molecule has 72 heavy (non-hydrogen) atoms. The number of aryl methyl sites for hydroxylation is 1. The molecule has 2 aromatic carbocycles. The van der Waals surface area contributed by atoms with Crippen molar-refractivity contribution in [1.29, 1.82) is 0 Å². The van der Waals surface area contributed by atoms with Crippen molar-refractivity contribution < 1.29 is 67.7 Å². The fourth-order valence-electron chi connectivity index (χ4n) is 7.49. The number of benzene rings is 2. The molecule has 1 amide bonds. The molecule has 4 rings (SSSR count). The smallest absolute Gasteiger partial charge is 0.311 e. The first-order valence-electron chi connectivity index (χ1n) is 27.2. The van der Waals surface area contributed by atoms with E-state index >= 15 is 0 Å². The number of carbonyl (C=O) groups excluding carboxylic acids is 5. The van der Waals surface area contributed by atoms with Gasteiger partial charge in [0.2, 0.25) is 24.2 Å². The van der Waals surface area contributed by atoms with Gasteiger partial charge in [-0.1, -0.05) is 50.2 Å². The molecule has 0 aliphatic carbocycles. The van der Waals surface area contributed by atoms with E-state index in [-0.39, 0.29) is 50.6 Å². The lowest BCUT2D eigenvalue weighted by Crippen LogP contribution is -2.65. The highest BCUT2D eigenvalue weighted by Gasteiger charge is 2.56. The quantitative estimate of drug-likeness (QED) is 0.0562. The van der Waals surface area contributed by atoms with Crippen LogP contribution in [0.3, 0.4) is 0 Å². The molecular weight excluding hydrogens is 925 g/mol. The Labute approximate surface area is 432 Å². The number of primary amides is 1. The van der Waals surface area contributed by atoms with E-state index in [4.69, 9.17) is 49.5 Å². The van der Waals surface area contributed by atoms with Crippen molar-refractivity contribution in [3.8, 4) is 11.6 Å². The lowest BCUT2D eigenvalue weighted by atomic mass is 9.93. The van der Waals surface area contributed by atoms with Crippen molar-refractivity contribution >= 4 is 29.8 Å². The molecule has 1 unspecified atom stereocenters. The summed E-state index contributed by atoms with van der Waals surface area (Å²) in [6, 6.07) is 15.7. The summed E-state index contributed by atoms with van der Waals surface area (Å²) in [6.45, 7) is 17.4. The van der Waals surface area contributed by atoms with Crippen molar-refractivity contribution in [2.75, 3.05) is 32.9 Å². The Morgan fingerprint density at radius 3 is 1.96 bits per heavy atom. The number of carbonyl (C=O) groups is 5. The summed E-state index contributed by atoms with van der Waals surface area (Å²) >= 11 is 0. The molecule has 3 N–H and O–H groups in total. The molecular formula is C55H82N4O13. The lowest BCUT2D eigenvalue weighted by molar-refractivity contribution is -0.294. The fraction of sp³-hybridized carbons (Fsp3) is 0.636. The third-order valence-corrected chi connectivity index (χ3v) is 11.5. The number of amides is 1. The molecule has 1 aliphatic heterocycles. The van der Waals surface area contributed by atoms with E-state index < -0.39 is 104 Å². The minimum absolute atomic E-state index is 0.0208. The largest absolute Gasteiger partial charge is 0.494 e. The number of esters is 4. The van der Waals surface area contributed by atoms with E-state index in [2.05, 4.69) is 4.90 Å². The normalized spacial score (nSPS) is 19.4. The average molecular weight is 1010 g/mol. The zero-order valence-electron chi connectivity index (χ0n) is 48.2. The number of aliphatic hydroxyl groups is 1. The molecule has 17 heteroatoms. The summed E-state index contributed by atoms with van der Waals surface area (Å²) in [4.78, 5) is 69.4. The molecule has 1 aromatic heterocycles. The minimum atomic E-state index is -1.78. The fourth-order valence-corrected chi connectivity index (χ4v) is 7.49. The van der Waals surface area contributed by atoms with Gasteiger partial charge >= 0.3 is 23.9 Å². The Morgan fingerprint density at radius 1 is 0.819 bits per heavy atom. The van der Waals surface area contributed by atoms with Crippen LogP contribution < -0.4 is 15.2 Å². The first-order chi connectivity index (χ1) is 35.6. The Morgan fingerprint density at radius 2 is 1.40 bits per heavy atom. The standard InChI is InChI=1S/C55H82N4O13/c1-34(2)42-39(31-37-22-23-38(30-35(37)3)66-29-19-25-58(26-24-41(56)61)32-36-20-17-16-18-21-36)46(57-59(42)27-28-60)72-47-45(71-51(65)55(13,14)15)44(70-50(64)54(10,11)12)43(69-49(63)53(7,8)9)40(68-47)33-67-48(62)52(4,5)6/h16-18,20-23,30,34,40,43-45,47,60H,19,24-29,31-33H2,1-15H3,(H2,56,61)/t40-,43-,44+,45-,47?/m1/s1/i4D,7D,10D,13D. The number of aromatic nitrogens is 2. The maximum absolute atomic E-state index is 14.1. The van der Waals surface area contributed by atoms with Crippen LogP contribution in [0.25, 0.3) is 0 Å². The van der Waals surface area contributed by atoms with E-state index in [9.17, 15) is 29.1 Å². The van der Waals surface area contributed by atoms with Gasteiger partial charge in [-0.25, -0.2) is 0 Å². The number of nitrogens with two attached hydrogens (primary N) is 1. The summed E-state index contributed by atoms with van der Waals surface area (Å²) < 4.78 is 77.8. The van der Waals surface area contributed by atoms with Gasteiger partial charge in [0.05, 0.1) is 41.4 Å². The molecule has 0 radical (unpaired) electrons. The molecule has 1 fully saturated rings. The van der Waals surface area contributed by atoms with Crippen LogP contribution in [0.4, 0.5) is 0 Å². The monoisotopic (exact) mass is 1010 g/mol. The topological polar surface area (TPSA) is 217 Å². The van der Waals surface area contributed by atoms with Gasteiger partial charge < -0.3 is 44.0 Å².